The standard InChI is InChI=1S/C13H15IN4O4S/c1-4-6-17-9-10(16(2)13(21)18(14)11(9)20)15-12(17)23-7-5-8(19)22-3/h4H,1,5-7H2,2-3H3. The minimum absolute atomic E-state index is 0.230. The van der Waals surface area contributed by atoms with Crippen molar-refractivity contribution in [1.82, 2.24) is 16.9 Å². The number of methoxy groups -OCH3 is 1. The van der Waals surface area contributed by atoms with Gasteiger partial charge in [-0.15, -0.1) is 6.58 Å². The second-order valence-corrected chi connectivity index (χ2v) is 6.59. The van der Waals surface area contributed by atoms with Crippen molar-refractivity contribution in [2.24, 2.45) is 7.05 Å². The number of ether oxygens (including phenoxy) is 1. The highest BCUT2D eigenvalue weighted by atomic mass is 127. The highest BCUT2D eigenvalue weighted by molar-refractivity contribution is 14.1. The predicted molar refractivity (Wildman–Crippen MR) is 96.2 cm³/mol. The predicted octanol–water partition coefficient (Wildman–Crippen LogP) is 0.936. The minimum atomic E-state index is -0.447. The third kappa shape index (κ3) is 3.37. The summed E-state index contributed by atoms with van der Waals surface area (Å²) in [5, 5.41) is 0.554. The Labute approximate surface area is 149 Å². The Hall–Kier alpha value is -1.56. The van der Waals surface area contributed by atoms with Crippen LogP contribution in [0.5, 0.6) is 0 Å². The topological polar surface area (TPSA) is 88.1 Å². The van der Waals surface area contributed by atoms with Crippen LogP contribution in [0.25, 0.3) is 11.2 Å². The molecule has 0 N–H and O–H groups in total. The van der Waals surface area contributed by atoms with Gasteiger partial charge in [0.25, 0.3) is 5.56 Å². The first-order chi connectivity index (χ1) is 10.9. The molecule has 0 aromatic carbocycles. The summed E-state index contributed by atoms with van der Waals surface area (Å²) >= 11 is 3.00. The largest absolute Gasteiger partial charge is 0.469 e. The lowest BCUT2D eigenvalue weighted by molar-refractivity contribution is -0.140. The summed E-state index contributed by atoms with van der Waals surface area (Å²) in [4.78, 5) is 40.0. The number of hydrogen-bond donors (Lipinski definition) is 0. The smallest absolute Gasteiger partial charge is 0.341 e. The van der Waals surface area contributed by atoms with E-state index >= 15 is 0 Å². The number of halogens is 1. The highest BCUT2D eigenvalue weighted by Crippen LogP contribution is 2.22. The number of fused-ring (bicyclic) bond motifs is 1. The molecule has 2 heterocycles. The van der Waals surface area contributed by atoms with Gasteiger partial charge in [-0.05, 0) is 0 Å². The molecule has 0 atom stereocenters. The summed E-state index contributed by atoms with van der Waals surface area (Å²) in [7, 11) is 2.89. The van der Waals surface area contributed by atoms with Gasteiger partial charge in [0.05, 0.1) is 36.4 Å². The zero-order chi connectivity index (χ0) is 17.1. The van der Waals surface area contributed by atoms with Gasteiger partial charge < -0.3 is 9.30 Å². The molecule has 8 nitrogen and oxygen atoms in total. The molecule has 0 saturated carbocycles. The van der Waals surface area contributed by atoms with Gasteiger partial charge >= 0.3 is 11.7 Å². The average Bonchev–Trinajstić information content (AvgIpc) is 2.90. The molecule has 0 aliphatic carbocycles. The molecule has 0 aliphatic rings. The minimum Gasteiger partial charge on any atom is -0.469 e. The lowest BCUT2D eigenvalue weighted by atomic mass is 10.5. The summed E-state index contributed by atoms with van der Waals surface area (Å²) in [5.74, 6) is 0.144. The van der Waals surface area contributed by atoms with Crippen molar-refractivity contribution in [1.29, 1.82) is 0 Å². The van der Waals surface area contributed by atoms with Crippen molar-refractivity contribution in [2.75, 3.05) is 12.9 Å². The Morgan fingerprint density at radius 3 is 2.78 bits per heavy atom. The van der Waals surface area contributed by atoms with E-state index in [1.54, 1.807) is 40.6 Å². The van der Waals surface area contributed by atoms with Crippen LogP contribution in [0.1, 0.15) is 6.42 Å². The summed E-state index contributed by atoms with van der Waals surface area (Å²) in [6.45, 7) is 4.06. The maximum Gasteiger partial charge on any atom is 0.341 e. The summed E-state index contributed by atoms with van der Waals surface area (Å²) in [6.07, 6.45) is 1.88. The fourth-order valence-corrected chi connectivity index (χ4v) is 3.48. The number of esters is 1. The van der Waals surface area contributed by atoms with Crippen LogP contribution < -0.4 is 11.2 Å². The Balaban J connectivity index is 2.55. The molecule has 0 fully saturated rings. The number of thioether (sulfide) groups is 1. The normalized spacial score (nSPS) is 10.9. The number of rotatable bonds is 6. The first-order valence-electron chi connectivity index (χ1n) is 6.61. The Morgan fingerprint density at radius 1 is 1.48 bits per heavy atom. The molecule has 0 bridgehead atoms. The van der Waals surface area contributed by atoms with Crippen molar-refractivity contribution >= 4 is 51.8 Å². The van der Waals surface area contributed by atoms with E-state index in [0.29, 0.717) is 28.6 Å². The molecule has 2 aromatic heterocycles. The van der Waals surface area contributed by atoms with E-state index < -0.39 is 11.2 Å². The van der Waals surface area contributed by atoms with Crippen LogP contribution >= 0.6 is 34.6 Å². The number of carbonyl (C=O) groups is 1. The number of allylic oxidation sites excluding steroid dienone is 1. The third-order valence-electron chi connectivity index (χ3n) is 3.14. The molecule has 0 aliphatic heterocycles. The second kappa shape index (κ2) is 7.34. The zero-order valence-electron chi connectivity index (χ0n) is 12.6. The first-order valence-corrected chi connectivity index (χ1v) is 8.56. The maximum absolute atomic E-state index is 12.4. The highest BCUT2D eigenvalue weighted by Gasteiger charge is 2.19. The summed E-state index contributed by atoms with van der Waals surface area (Å²) in [6, 6.07) is 0. The van der Waals surface area contributed by atoms with Crippen molar-refractivity contribution in [3.05, 3.63) is 33.5 Å². The van der Waals surface area contributed by atoms with Gasteiger partial charge in [0.2, 0.25) is 0 Å². The van der Waals surface area contributed by atoms with Crippen LogP contribution in [0, 0.1) is 0 Å². The van der Waals surface area contributed by atoms with E-state index in [-0.39, 0.29) is 12.4 Å². The van der Waals surface area contributed by atoms with Crippen LogP contribution in [0.2, 0.25) is 0 Å². The molecular formula is C13H15IN4O4S. The number of aromatic nitrogens is 4. The van der Waals surface area contributed by atoms with Crippen LogP contribution in [0.15, 0.2) is 27.4 Å². The molecule has 0 radical (unpaired) electrons. The molecule has 23 heavy (non-hydrogen) atoms. The zero-order valence-corrected chi connectivity index (χ0v) is 15.6. The SMILES string of the molecule is C=CCn1c(SCCC(=O)OC)nc2c1c(=O)n(I)c(=O)n2C. The third-order valence-corrected chi connectivity index (χ3v) is 4.97. The van der Waals surface area contributed by atoms with Gasteiger partial charge in [-0.2, -0.15) is 2.78 Å². The number of aryl methyl sites for hydroxylation is 1. The molecule has 0 spiro atoms. The van der Waals surface area contributed by atoms with Crippen LogP contribution in [-0.2, 0) is 23.1 Å². The van der Waals surface area contributed by atoms with Crippen LogP contribution in [0.4, 0.5) is 0 Å². The first kappa shape index (κ1) is 17.8. The number of nitrogens with zero attached hydrogens (tertiary/aromatic N) is 4. The van der Waals surface area contributed by atoms with Gasteiger partial charge in [0, 0.05) is 19.3 Å². The molecular weight excluding hydrogens is 435 g/mol. The van der Waals surface area contributed by atoms with Crippen LogP contribution in [0.3, 0.4) is 0 Å². The van der Waals surface area contributed by atoms with Crippen LogP contribution in [-0.4, -0.2) is 35.7 Å². The van der Waals surface area contributed by atoms with Gasteiger partial charge in [-0.25, -0.2) is 9.78 Å². The van der Waals surface area contributed by atoms with Gasteiger partial charge in [0.15, 0.2) is 16.3 Å². The average molecular weight is 450 g/mol. The van der Waals surface area contributed by atoms with Gasteiger partial charge in [-0.1, -0.05) is 17.8 Å². The number of imidazole rings is 1. The Morgan fingerprint density at radius 2 is 2.17 bits per heavy atom. The van der Waals surface area contributed by atoms with E-state index in [1.807, 2.05) is 0 Å². The van der Waals surface area contributed by atoms with E-state index in [0.717, 1.165) is 2.78 Å². The van der Waals surface area contributed by atoms with E-state index in [9.17, 15) is 14.4 Å². The lowest BCUT2D eigenvalue weighted by Crippen LogP contribution is -2.34. The second-order valence-electron chi connectivity index (χ2n) is 4.57. The molecule has 10 heteroatoms. The van der Waals surface area contributed by atoms with Crippen molar-refractivity contribution in [3.8, 4) is 0 Å². The Bertz CT molecular complexity index is 883. The van der Waals surface area contributed by atoms with Crippen molar-refractivity contribution in [2.45, 2.75) is 18.1 Å². The van der Waals surface area contributed by atoms with E-state index in [2.05, 4.69) is 16.3 Å². The van der Waals surface area contributed by atoms with E-state index in [1.165, 1.54) is 23.4 Å². The van der Waals surface area contributed by atoms with Crippen molar-refractivity contribution in [3.63, 3.8) is 0 Å². The maximum atomic E-state index is 12.4. The Kier molecular flexibility index (Phi) is 5.68. The fourth-order valence-electron chi connectivity index (χ4n) is 2.00. The molecule has 0 unspecified atom stereocenters. The monoisotopic (exact) mass is 450 g/mol. The molecule has 0 amide bonds. The number of hydrogen-bond acceptors (Lipinski definition) is 6. The molecule has 124 valence electrons. The molecule has 2 aromatic rings. The van der Waals surface area contributed by atoms with E-state index in [4.69, 9.17) is 0 Å². The molecule has 0 saturated heterocycles. The number of carbonyl (C=O) groups excluding carboxylic acids is 1. The molecule has 2 rings (SSSR count). The van der Waals surface area contributed by atoms with Gasteiger partial charge in [-0.3, -0.25) is 14.2 Å². The van der Waals surface area contributed by atoms with Crippen molar-refractivity contribution < 1.29 is 9.53 Å². The van der Waals surface area contributed by atoms with Gasteiger partial charge in [0.1, 0.15) is 0 Å². The lowest BCUT2D eigenvalue weighted by Gasteiger charge is -2.06. The summed E-state index contributed by atoms with van der Waals surface area (Å²) < 4.78 is 8.64. The fraction of sp³-hybridized carbons (Fsp3) is 0.385. The quantitative estimate of drug-likeness (QED) is 0.282. The summed E-state index contributed by atoms with van der Waals surface area (Å²) in [5.41, 5.74) is -0.215.